The number of hydrogen-bond acceptors (Lipinski definition) is 6. The standard InChI is InChI=1S/C33H20ClFN2O5/c34-25-8-4-3-7-24(25)30(38)29-28(18-9-13-21(14-10-18)37(41)42)33(31(39)22-5-1-2-6-23(22)32(33)40)27-16-11-19-17-20(35)12-15-26(19)36(27)29/h1-17,27-29H/t27-,28-,29+/m0/s1. The van der Waals surface area contributed by atoms with Crippen molar-refractivity contribution in [3.63, 3.8) is 0 Å². The summed E-state index contributed by atoms with van der Waals surface area (Å²) in [6.45, 7) is 0. The number of Topliss-reactive ketones (excluding diaryl/α,β-unsaturated/α-hetero) is 3. The van der Waals surface area contributed by atoms with Crippen molar-refractivity contribution in [3.8, 4) is 0 Å². The lowest BCUT2D eigenvalue weighted by molar-refractivity contribution is -0.384. The molecule has 4 aromatic carbocycles. The largest absolute Gasteiger partial charge is 0.352 e. The van der Waals surface area contributed by atoms with Crippen LogP contribution in [0.2, 0.25) is 5.02 Å². The Morgan fingerprint density at radius 1 is 0.905 bits per heavy atom. The lowest BCUT2D eigenvalue weighted by Gasteiger charge is -2.37. The van der Waals surface area contributed by atoms with Crippen LogP contribution in [0.25, 0.3) is 6.08 Å². The number of carbonyl (C=O) groups excluding carboxylic acids is 3. The molecule has 3 aliphatic rings. The van der Waals surface area contributed by atoms with Crippen LogP contribution >= 0.6 is 11.6 Å². The molecule has 3 atom stereocenters. The Morgan fingerprint density at radius 3 is 2.19 bits per heavy atom. The van der Waals surface area contributed by atoms with Crippen LogP contribution in [-0.4, -0.2) is 34.4 Å². The van der Waals surface area contributed by atoms with Crippen LogP contribution < -0.4 is 4.90 Å². The number of non-ortho nitro benzene ring substituents is 1. The second-order valence-corrected chi connectivity index (χ2v) is 11.0. The molecular formula is C33H20ClFN2O5. The normalized spacial score (nSPS) is 21.3. The maximum Gasteiger partial charge on any atom is 0.269 e. The first-order chi connectivity index (χ1) is 20.2. The Morgan fingerprint density at radius 2 is 1.55 bits per heavy atom. The molecule has 9 heteroatoms. The molecule has 0 N–H and O–H groups in total. The summed E-state index contributed by atoms with van der Waals surface area (Å²) in [6, 6.07) is 20.7. The average molecular weight is 579 g/mol. The van der Waals surface area contributed by atoms with Gasteiger partial charge in [0.15, 0.2) is 17.3 Å². The second kappa shape index (κ2) is 9.29. The number of halogens is 2. The van der Waals surface area contributed by atoms with Crippen LogP contribution in [0.5, 0.6) is 0 Å². The molecule has 206 valence electrons. The Kier molecular flexibility index (Phi) is 5.75. The molecule has 4 aromatic rings. The summed E-state index contributed by atoms with van der Waals surface area (Å²) in [5, 5.41) is 11.7. The van der Waals surface area contributed by atoms with Gasteiger partial charge in [0.1, 0.15) is 17.3 Å². The molecule has 7 rings (SSSR count). The summed E-state index contributed by atoms with van der Waals surface area (Å²) in [5.41, 5.74) is 0.104. The van der Waals surface area contributed by atoms with Crippen molar-refractivity contribution in [3.05, 3.63) is 146 Å². The fourth-order valence-corrected chi connectivity index (χ4v) is 7.17. The summed E-state index contributed by atoms with van der Waals surface area (Å²) in [7, 11) is 0. The van der Waals surface area contributed by atoms with Gasteiger partial charge in [-0.1, -0.05) is 72.3 Å². The van der Waals surface area contributed by atoms with Crippen LogP contribution in [0.4, 0.5) is 15.8 Å². The number of nitro benzene ring substituents is 1. The van der Waals surface area contributed by atoms with Crippen LogP contribution in [0.15, 0.2) is 97.1 Å². The molecule has 0 saturated carbocycles. The van der Waals surface area contributed by atoms with Crippen molar-refractivity contribution in [2.45, 2.75) is 18.0 Å². The van der Waals surface area contributed by atoms with E-state index in [9.17, 15) is 28.9 Å². The topological polar surface area (TPSA) is 97.6 Å². The quantitative estimate of drug-likeness (QED) is 0.116. The van der Waals surface area contributed by atoms with Crippen molar-refractivity contribution >= 4 is 46.4 Å². The van der Waals surface area contributed by atoms with Gasteiger partial charge < -0.3 is 4.90 Å². The average Bonchev–Trinajstić information content (AvgIpc) is 3.43. The van der Waals surface area contributed by atoms with Gasteiger partial charge in [0.25, 0.3) is 5.69 Å². The molecule has 1 aliphatic carbocycles. The summed E-state index contributed by atoms with van der Waals surface area (Å²) < 4.78 is 14.4. The van der Waals surface area contributed by atoms with E-state index in [1.54, 1.807) is 65.6 Å². The predicted molar refractivity (Wildman–Crippen MR) is 155 cm³/mol. The van der Waals surface area contributed by atoms with Gasteiger partial charge in [-0.2, -0.15) is 0 Å². The molecule has 0 radical (unpaired) electrons. The second-order valence-electron chi connectivity index (χ2n) is 10.6. The highest BCUT2D eigenvalue weighted by Gasteiger charge is 2.71. The van der Waals surface area contributed by atoms with Crippen molar-refractivity contribution in [1.82, 2.24) is 0 Å². The highest BCUT2D eigenvalue weighted by atomic mass is 35.5. The summed E-state index contributed by atoms with van der Waals surface area (Å²) >= 11 is 6.51. The number of anilines is 1. The molecule has 1 spiro atoms. The number of benzene rings is 4. The molecule has 0 amide bonds. The zero-order valence-corrected chi connectivity index (χ0v) is 22.5. The smallest absolute Gasteiger partial charge is 0.269 e. The van der Waals surface area contributed by atoms with Gasteiger partial charge in [-0.25, -0.2) is 4.39 Å². The monoisotopic (exact) mass is 578 g/mol. The van der Waals surface area contributed by atoms with Gasteiger partial charge in [0, 0.05) is 46.0 Å². The number of carbonyl (C=O) groups is 3. The first-order valence-electron chi connectivity index (χ1n) is 13.2. The lowest BCUT2D eigenvalue weighted by Crippen LogP contribution is -2.48. The van der Waals surface area contributed by atoms with E-state index in [1.807, 2.05) is 0 Å². The van der Waals surface area contributed by atoms with Crippen LogP contribution in [-0.2, 0) is 0 Å². The van der Waals surface area contributed by atoms with E-state index in [4.69, 9.17) is 11.6 Å². The maximum atomic E-state index is 14.6. The molecule has 42 heavy (non-hydrogen) atoms. The molecule has 0 unspecified atom stereocenters. The Bertz CT molecular complexity index is 1850. The van der Waals surface area contributed by atoms with Gasteiger partial charge in [0.05, 0.1) is 16.0 Å². The van der Waals surface area contributed by atoms with Crippen molar-refractivity contribution in [2.24, 2.45) is 5.41 Å². The van der Waals surface area contributed by atoms with Gasteiger partial charge in [0.2, 0.25) is 0 Å². The van der Waals surface area contributed by atoms with Gasteiger partial charge in [-0.05, 0) is 35.9 Å². The van der Waals surface area contributed by atoms with E-state index in [0.29, 0.717) is 16.8 Å². The maximum absolute atomic E-state index is 14.6. The van der Waals surface area contributed by atoms with E-state index in [0.717, 1.165) is 0 Å². The summed E-state index contributed by atoms with van der Waals surface area (Å²) in [5.74, 6) is -2.86. The third kappa shape index (κ3) is 3.42. The molecule has 0 aromatic heterocycles. The van der Waals surface area contributed by atoms with Crippen molar-refractivity contribution in [1.29, 1.82) is 0 Å². The third-order valence-corrected chi connectivity index (χ3v) is 8.97. The molecule has 2 aliphatic heterocycles. The number of ketones is 3. The number of fused-ring (bicyclic) bond motifs is 5. The van der Waals surface area contributed by atoms with E-state index in [-0.39, 0.29) is 27.4 Å². The number of nitro groups is 1. The zero-order chi connectivity index (χ0) is 29.3. The Hall–Kier alpha value is -4.95. The Labute approximate surface area is 244 Å². The number of rotatable bonds is 4. The SMILES string of the molecule is O=C(c1ccccc1Cl)[C@H]1[C@H](c2ccc([N+](=O)[O-])cc2)C2(C(=O)c3ccccc3C2=O)[C@@H]2C=Cc3cc(F)ccc3N21. The fraction of sp³-hybridized carbons (Fsp3) is 0.121. The molecular weight excluding hydrogens is 559 g/mol. The number of hydrogen-bond donors (Lipinski definition) is 0. The van der Waals surface area contributed by atoms with E-state index in [2.05, 4.69) is 0 Å². The van der Waals surface area contributed by atoms with E-state index < -0.39 is 51.5 Å². The summed E-state index contributed by atoms with van der Waals surface area (Å²) in [6.07, 6.45) is 3.35. The van der Waals surface area contributed by atoms with Crippen molar-refractivity contribution in [2.75, 3.05) is 4.90 Å². The van der Waals surface area contributed by atoms with E-state index >= 15 is 0 Å². The number of nitrogens with zero attached hydrogens (tertiary/aromatic N) is 2. The minimum atomic E-state index is -1.79. The van der Waals surface area contributed by atoms with Crippen LogP contribution in [0.1, 0.15) is 48.1 Å². The van der Waals surface area contributed by atoms with Gasteiger partial charge >= 0.3 is 0 Å². The molecule has 7 nitrogen and oxygen atoms in total. The molecule has 0 bridgehead atoms. The molecule has 2 heterocycles. The van der Waals surface area contributed by atoms with Gasteiger partial charge in [-0.3, -0.25) is 24.5 Å². The highest BCUT2D eigenvalue weighted by molar-refractivity contribution is 6.35. The van der Waals surface area contributed by atoms with Crippen LogP contribution in [0, 0.1) is 21.3 Å². The predicted octanol–water partition coefficient (Wildman–Crippen LogP) is 6.70. The lowest BCUT2D eigenvalue weighted by atomic mass is 9.64. The van der Waals surface area contributed by atoms with E-state index in [1.165, 1.54) is 42.5 Å². The fourth-order valence-electron chi connectivity index (χ4n) is 6.94. The first-order valence-corrected chi connectivity index (χ1v) is 13.6. The summed E-state index contributed by atoms with van der Waals surface area (Å²) in [4.78, 5) is 56.5. The molecule has 1 fully saturated rings. The van der Waals surface area contributed by atoms with Gasteiger partial charge in [-0.15, -0.1) is 0 Å². The van der Waals surface area contributed by atoms with Crippen molar-refractivity contribution < 1.29 is 23.7 Å². The molecule has 1 saturated heterocycles. The minimum Gasteiger partial charge on any atom is -0.352 e. The first kappa shape index (κ1) is 26.0. The minimum absolute atomic E-state index is 0.175. The third-order valence-electron chi connectivity index (χ3n) is 8.64. The van der Waals surface area contributed by atoms with Crippen LogP contribution in [0.3, 0.4) is 0 Å². The highest BCUT2D eigenvalue weighted by Crippen LogP contribution is 2.61. The zero-order valence-electron chi connectivity index (χ0n) is 21.7. The Balaban J connectivity index is 1.55.